The Balaban J connectivity index is 1.92. The summed E-state index contributed by atoms with van der Waals surface area (Å²) < 4.78 is 0. The van der Waals surface area contributed by atoms with Crippen molar-refractivity contribution < 1.29 is 4.79 Å². The smallest absolute Gasteiger partial charge is 0.229 e. The van der Waals surface area contributed by atoms with Crippen molar-refractivity contribution in [1.82, 2.24) is 9.88 Å². The molecule has 0 aliphatic carbocycles. The lowest BCUT2D eigenvalue weighted by atomic mass is 10.1. The molecule has 1 aromatic rings. The van der Waals surface area contributed by atoms with E-state index in [-0.39, 0.29) is 5.91 Å². The van der Waals surface area contributed by atoms with Gasteiger partial charge in [-0.2, -0.15) is 0 Å². The van der Waals surface area contributed by atoms with Gasteiger partial charge in [-0.1, -0.05) is 38.0 Å². The zero-order chi connectivity index (χ0) is 12.8. The minimum Gasteiger partial charge on any atom is -0.332 e. The topological polar surface area (TPSA) is 33.2 Å². The zero-order valence-corrected chi connectivity index (χ0v) is 10.9. The van der Waals surface area contributed by atoms with Crippen molar-refractivity contribution in [2.75, 3.05) is 6.54 Å². The van der Waals surface area contributed by atoms with Gasteiger partial charge in [-0.15, -0.1) is 0 Å². The predicted octanol–water partition coefficient (Wildman–Crippen LogP) is 2.58. The molecule has 0 aromatic carbocycles. The molecule has 3 heteroatoms. The first-order valence-corrected chi connectivity index (χ1v) is 6.67. The van der Waals surface area contributed by atoms with Crippen molar-refractivity contribution in [2.24, 2.45) is 0 Å². The molecule has 0 spiro atoms. The van der Waals surface area contributed by atoms with Crippen LogP contribution < -0.4 is 0 Å². The fraction of sp³-hybridized carbons (Fsp3) is 0.467. The Hall–Kier alpha value is -1.64. The fourth-order valence-corrected chi connectivity index (χ4v) is 2.28. The van der Waals surface area contributed by atoms with E-state index in [9.17, 15) is 4.79 Å². The maximum Gasteiger partial charge on any atom is 0.229 e. The summed E-state index contributed by atoms with van der Waals surface area (Å²) in [5.41, 5.74) is 0.851. The van der Waals surface area contributed by atoms with Crippen molar-refractivity contribution in [2.45, 2.75) is 38.6 Å². The van der Waals surface area contributed by atoms with Crippen molar-refractivity contribution in [1.29, 1.82) is 0 Å². The largest absolute Gasteiger partial charge is 0.332 e. The number of rotatable bonds is 5. The van der Waals surface area contributed by atoms with E-state index in [2.05, 4.69) is 24.1 Å². The van der Waals surface area contributed by atoms with Gasteiger partial charge in [0, 0.05) is 18.4 Å². The Morgan fingerprint density at radius 2 is 2.39 bits per heavy atom. The maximum absolute atomic E-state index is 12.2. The van der Waals surface area contributed by atoms with Gasteiger partial charge < -0.3 is 4.90 Å². The molecule has 0 N–H and O–H groups in total. The number of nitrogens with zero attached hydrogens (tertiary/aromatic N) is 2. The number of hydrogen-bond donors (Lipinski definition) is 0. The number of aromatic nitrogens is 1. The van der Waals surface area contributed by atoms with Crippen LogP contribution in [0.2, 0.25) is 0 Å². The highest BCUT2D eigenvalue weighted by molar-refractivity contribution is 5.79. The van der Waals surface area contributed by atoms with Crippen LogP contribution in [-0.2, 0) is 11.2 Å². The summed E-state index contributed by atoms with van der Waals surface area (Å²) in [4.78, 5) is 18.4. The molecule has 1 atom stereocenters. The average molecular weight is 244 g/mol. The van der Waals surface area contributed by atoms with E-state index in [4.69, 9.17) is 0 Å². The van der Waals surface area contributed by atoms with Gasteiger partial charge in [-0.3, -0.25) is 9.78 Å². The molecule has 1 aliphatic rings. The third-order valence-electron chi connectivity index (χ3n) is 3.29. The van der Waals surface area contributed by atoms with Gasteiger partial charge in [0.15, 0.2) is 0 Å². The maximum atomic E-state index is 12.2. The lowest BCUT2D eigenvalue weighted by molar-refractivity contribution is -0.131. The van der Waals surface area contributed by atoms with E-state index in [1.807, 2.05) is 23.1 Å². The number of carbonyl (C=O) groups is 1. The molecule has 0 bridgehead atoms. The molecule has 3 nitrogen and oxygen atoms in total. The molecule has 18 heavy (non-hydrogen) atoms. The summed E-state index contributed by atoms with van der Waals surface area (Å²) in [7, 11) is 0. The summed E-state index contributed by atoms with van der Waals surface area (Å²) in [5.74, 6) is 0.180. The standard InChI is InChI=1S/C15H20N2O/c1-2-3-8-14-9-6-11-17(14)15(18)12-13-7-4-5-10-16-13/h4-7,9-10,14H,2-3,8,11-12H2,1H3/t14-/m0/s1. The van der Waals surface area contributed by atoms with Gasteiger partial charge in [-0.05, 0) is 18.6 Å². The molecule has 1 amide bonds. The Kier molecular flexibility index (Phi) is 4.51. The normalized spacial score (nSPS) is 18.3. The first-order chi connectivity index (χ1) is 8.81. The minimum absolute atomic E-state index is 0.180. The van der Waals surface area contributed by atoms with Crippen molar-refractivity contribution in [3.63, 3.8) is 0 Å². The van der Waals surface area contributed by atoms with Crippen LogP contribution in [0.25, 0.3) is 0 Å². The molecule has 96 valence electrons. The van der Waals surface area contributed by atoms with Crippen LogP contribution in [0.4, 0.5) is 0 Å². The van der Waals surface area contributed by atoms with Crippen molar-refractivity contribution in [3.8, 4) is 0 Å². The highest BCUT2D eigenvalue weighted by Gasteiger charge is 2.24. The molecule has 0 saturated carbocycles. The molecular formula is C15H20N2O. The van der Waals surface area contributed by atoms with E-state index < -0.39 is 0 Å². The molecule has 0 fully saturated rings. The summed E-state index contributed by atoms with van der Waals surface area (Å²) in [6.07, 6.45) is 9.81. The molecular weight excluding hydrogens is 224 g/mol. The van der Waals surface area contributed by atoms with E-state index in [1.54, 1.807) is 6.20 Å². The van der Waals surface area contributed by atoms with E-state index >= 15 is 0 Å². The highest BCUT2D eigenvalue weighted by Crippen LogP contribution is 2.17. The highest BCUT2D eigenvalue weighted by atomic mass is 16.2. The summed E-state index contributed by atoms with van der Waals surface area (Å²) in [6, 6.07) is 5.99. The summed E-state index contributed by atoms with van der Waals surface area (Å²) in [6.45, 7) is 2.93. The second-order valence-electron chi connectivity index (χ2n) is 4.68. The van der Waals surface area contributed by atoms with Gasteiger partial charge >= 0.3 is 0 Å². The van der Waals surface area contributed by atoms with Gasteiger partial charge in [0.2, 0.25) is 5.91 Å². The molecule has 2 rings (SSSR count). The fourth-order valence-electron chi connectivity index (χ4n) is 2.28. The van der Waals surface area contributed by atoms with Crippen LogP contribution in [-0.4, -0.2) is 28.4 Å². The SMILES string of the molecule is CCCC[C@H]1C=CCN1C(=O)Cc1ccccn1. The Bertz CT molecular complexity index is 414. The lowest BCUT2D eigenvalue weighted by Gasteiger charge is -2.24. The first-order valence-electron chi connectivity index (χ1n) is 6.67. The molecule has 1 aliphatic heterocycles. The molecule has 1 aromatic heterocycles. The van der Waals surface area contributed by atoms with Gasteiger partial charge in [0.05, 0.1) is 12.5 Å². The van der Waals surface area contributed by atoms with E-state index in [0.717, 1.165) is 18.7 Å². The molecule has 0 unspecified atom stereocenters. The number of carbonyl (C=O) groups excluding carboxylic acids is 1. The van der Waals surface area contributed by atoms with Gasteiger partial charge in [-0.25, -0.2) is 0 Å². The average Bonchev–Trinajstić information content (AvgIpc) is 2.86. The Morgan fingerprint density at radius 1 is 1.50 bits per heavy atom. The van der Waals surface area contributed by atoms with Crippen molar-refractivity contribution >= 4 is 5.91 Å². The van der Waals surface area contributed by atoms with Crippen LogP contribution in [0.3, 0.4) is 0 Å². The van der Waals surface area contributed by atoms with Crippen LogP contribution in [0.15, 0.2) is 36.5 Å². The first kappa shape index (κ1) is 12.8. The number of pyridine rings is 1. The second-order valence-corrected chi connectivity index (χ2v) is 4.68. The lowest BCUT2D eigenvalue weighted by Crippen LogP contribution is -2.37. The Morgan fingerprint density at radius 3 is 3.11 bits per heavy atom. The second kappa shape index (κ2) is 6.34. The Labute approximate surface area is 109 Å². The third-order valence-corrected chi connectivity index (χ3v) is 3.29. The summed E-state index contributed by atoms with van der Waals surface area (Å²) >= 11 is 0. The van der Waals surface area contributed by atoms with E-state index in [1.165, 1.54) is 12.8 Å². The van der Waals surface area contributed by atoms with Gasteiger partial charge in [0.25, 0.3) is 0 Å². The van der Waals surface area contributed by atoms with Crippen LogP contribution in [0, 0.1) is 0 Å². The summed E-state index contributed by atoms with van der Waals surface area (Å²) in [5, 5.41) is 0. The third kappa shape index (κ3) is 3.19. The monoisotopic (exact) mass is 244 g/mol. The number of unbranched alkanes of at least 4 members (excludes halogenated alkanes) is 1. The quantitative estimate of drug-likeness (QED) is 0.746. The van der Waals surface area contributed by atoms with Crippen LogP contribution in [0.5, 0.6) is 0 Å². The van der Waals surface area contributed by atoms with E-state index in [0.29, 0.717) is 12.5 Å². The molecule has 0 radical (unpaired) electrons. The molecule has 2 heterocycles. The van der Waals surface area contributed by atoms with Gasteiger partial charge in [0.1, 0.15) is 0 Å². The van der Waals surface area contributed by atoms with Crippen molar-refractivity contribution in [3.05, 3.63) is 42.2 Å². The van der Waals surface area contributed by atoms with Crippen LogP contribution in [0.1, 0.15) is 31.9 Å². The predicted molar refractivity (Wildman–Crippen MR) is 72.1 cm³/mol. The minimum atomic E-state index is 0.180. The zero-order valence-electron chi connectivity index (χ0n) is 10.9. The number of amides is 1. The van der Waals surface area contributed by atoms with Crippen LogP contribution >= 0.6 is 0 Å². The molecule has 0 saturated heterocycles. The number of hydrogen-bond acceptors (Lipinski definition) is 2.